The van der Waals surface area contributed by atoms with Gasteiger partial charge in [0, 0.05) is 12.8 Å². The summed E-state index contributed by atoms with van der Waals surface area (Å²) in [7, 11) is 0. The molecule has 0 rings (SSSR count). The molecule has 0 aliphatic carbocycles. The Morgan fingerprint density at radius 3 is 2.18 bits per heavy atom. The summed E-state index contributed by atoms with van der Waals surface area (Å²) in [4.78, 5) is 9.95. The van der Waals surface area contributed by atoms with E-state index in [2.05, 4.69) is 0 Å². The van der Waals surface area contributed by atoms with Crippen molar-refractivity contribution >= 4 is 5.91 Å². The molecule has 2 nitrogen and oxygen atoms in total. The van der Waals surface area contributed by atoms with Crippen molar-refractivity contribution in [3.8, 4) is 0 Å². The standard InChI is InChI=1S/C6H9F3NO/c7-6(8,9)4-2-1-3-5(10)11/h10H,1-4H2. The second-order valence-corrected chi connectivity index (χ2v) is 2.25. The largest absolute Gasteiger partial charge is 0.389 e. The molecule has 5 heteroatoms. The van der Waals surface area contributed by atoms with Crippen molar-refractivity contribution < 1.29 is 18.0 Å². The maximum Gasteiger partial charge on any atom is 0.389 e. The van der Waals surface area contributed by atoms with Crippen molar-refractivity contribution in [2.75, 3.05) is 0 Å². The molecule has 1 N–H and O–H groups in total. The van der Waals surface area contributed by atoms with E-state index in [1.165, 1.54) is 0 Å². The summed E-state index contributed by atoms with van der Waals surface area (Å²) in [5, 5.41) is 0. The molecule has 0 aromatic carbocycles. The Morgan fingerprint density at radius 1 is 1.27 bits per heavy atom. The average molecular weight is 168 g/mol. The highest BCUT2D eigenvalue weighted by Crippen LogP contribution is 2.22. The van der Waals surface area contributed by atoms with E-state index in [1.807, 2.05) is 0 Å². The number of halogens is 3. The van der Waals surface area contributed by atoms with Gasteiger partial charge in [0.2, 0.25) is 5.91 Å². The molecular weight excluding hydrogens is 159 g/mol. The van der Waals surface area contributed by atoms with E-state index < -0.39 is 18.5 Å². The minimum atomic E-state index is -4.13. The number of alkyl halides is 3. The van der Waals surface area contributed by atoms with Gasteiger partial charge in [-0.1, -0.05) is 0 Å². The van der Waals surface area contributed by atoms with E-state index in [1.54, 1.807) is 0 Å². The molecule has 0 spiro atoms. The van der Waals surface area contributed by atoms with Gasteiger partial charge >= 0.3 is 6.18 Å². The SMILES string of the molecule is [NH]C(=O)CCCCC(F)(F)F. The van der Waals surface area contributed by atoms with Crippen LogP contribution in [0, 0.1) is 0 Å². The third-order valence-electron chi connectivity index (χ3n) is 1.11. The minimum absolute atomic E-state index is 0.0614. The molecule has 0 heterocycles. The third-order valence-corrected chi connectivity index (χ3v) is 1.11. The monoisotopic (exact) mass is 168 g/mol. The molecule has 1 radical (unpaired) electrons. The zero-order valence-corrected chi connectivity index (χ0v) is 5.87. The van der Waals surface area contributed by atoms with Crippen molar-refractivity contribution in [2.24, 2.45) is 0 Å². The van der Waals surface area contributed by atoms with Crippen LogP contribution in [-0.2, 0) is 4.79 Å². The van der Waals surface area contributed by atoms with Gasteiger partial charge in [-0.25, -0.2) is 0 Å². The van der Waals surface area contributed by atoms with Gasteiger partial charge in [0.15, 0.2) is 0 Å². The van der Waals surface area contributed by atoms with Crippen molar-refractivity contribution in [2.45, 2.75) is 31.9 Å². The van der Waals surface area contributed by atoms with Crippen molar-refractivity contribution in [1.29, 1.82) is 0 Å². The third kappa shape index (κ3) is 9.26. The number of unbranched alkanes of at least 4 members (excludes halogenated alkanes) is 1. The van der Waals surface area contributed by atoms with Crippen LogP contribution in [0.15, 0.2) is 0 Å². The Hall–Kier alpha value is -0.740. The van der Waals surface area contributed by atoms with Crippen LogP contribution in [0.2, 0.25) is 0 Å². The van der Waals surface area contributed by atoms with Gasteiger partial charge in [0.05, 0.1) is 0 Å². The lowest BCUT2D eigenvalue weighted by atomic mass is 10.2. The second-order valence-electron chi connectivity index (χ2n) is 2.25. The van der Waals surface area contributed by atoms with E-state index in [4.69, 9.17) is 5.73 Å². The first-order chi connectivity index (χ1) is 4.92. The van der Waals surface area contributed by atoms with Crippen LogP contribution in [0.4, 0.5) is 13.2 Å². The first-order valence-corrected chi connectivity index (χ1v) is 3.23. The molecule has 0 unspecified atom stereocenters. The topological polar surface area (TPSA) is 40.9 Å². The first-order valence-electron chi connectivity index (χ1n) is 3.23. The summed E-state index contributed by atoms with van der Waals surface area (Å²) in [6.45, 7) is 0. The van der Waals surface area contributed by atoms with Crippen LogP contribution in [0.5, 0.6) is 0 Å². The lowest BCUT2D eigenvalue weighted by Crippen LogP contribution is -2.07. The van der Waals surface area contributed by atoms with Gasteiger partial charge in [0.25, 0.3) is 0 Å². The second kappa shape index (κ2) is 4.20. The van der Waals surface area contributed by atoms with Gasteiger partial charge < -0.3 is 0 Å². The normalized spacial score (nSPS) is 11.5. The van der Waals surface area contributed by atoms with Crippen molar-refractivity contribution in [1.82, 2.24) is 5.73 Å². The maximum absolute atomic E-state index is 11.4. The number of carbonyl (C=O) groups excluding carboxylic acids is 1. The van der Waals surface area contributed by atoms with Crippen LogP contribution in [-0.4, -0.2) is 12.1 Å². The minimum Gasteiger partial charge on any atom is -0.273 e. The summed E-state index contributed by atoms with van der Waals surface area (Å²) in [6, 6.07) is 0. The maximum atomic E-state index is 11.4. The Morgan fingerprint density at radius 2 is 1.82 bits per heavy atom. The molecule has 0 atom stereocenters. The van der Waals surface area contributed by atoms with Crippen LogP contribution in [0.3, 0.4) is 0 Å². The highest BCUT2D eigenvalue weighted by molar-refractivity contribution is 5.72. The summed E-state index contributed by atoms with van der Waals surface area (Å²) < 4.78 is 34.3. The fourth-order valence-electron chi connectivity index (χ4n) is 0.611. The summed E-state index contributed by atoms with van der Waals surface area (Å²) >= 11 is 0. The predicted octanol–water partition coefficient (Wildman–Crippen LogP) is 1.92. The smallest absolute Gasteiger partial charge is 0.273 e. The fraction of sp³-hybridized carbons (Fsp3) is 0.833. The Balaban J connectivity index is 3.22. The molecule has 0 aromatic heterocycles. The van der Waals surface area contributed by atoms with E-state index >= 15 is 0 Å². The predicted molar refractivity (Wildman–Crippen MR) is 32.6 cm³/mol. The first kappa shape index (κ1) is 10.3. The van der Waals surface area contributed by atoms with Gasteiger partial charge in [-0.2, -0.15) is 13.2 Å². The number of carbonyl (C=O) groups is 1. The molecular formula is C6H9F3NO. The molecule has 0 saturated carbocycles. The Labute approximate surface area is 62.6 Å². The van der Waals surface area contributed by atoms with Crippen LogP contribution in [0.1, 0.15) is 25.7 Å². The van der Waals surface area contributed by atoms with Crippen molar-refractivity contribution in [3.63, 3.8) is 0 Å². The Kier molecular flexibility index (Phi) is 3.92. The van der Waals surface area contributed by atoms with Gasteiger partial charge in [0.1, 0.15) is 0 Å². The molecule has 0 fully saturated rings. The lowest BCUT2D eigenvalue weighted by Gasteiger charge is -2.03. The number of rotatable bonds is 4. The number of nitrogens with one attached hydrogen (secondary N) is 1. The van der Waals surface area contributed by atoms with Gasteiger partial charge in [-0.05, 0) is 12.8 Å². The van der Waals surface area contributed by atoms with E-state index in [0.717, 1.165) is 0 Å². The number of hydrogen-bond acceptors (Lipinski definition) is 1. The molecule has 0 bridgehead atoms. The Bertz CT molecular complexity index is 132. The number of amides is 1. The molecule has 0 aliphatic rings. The van der Waals surface area contributed by atoms with Crippen LogP contribution in [0.25, 0.3) is 0 Å². The molecule has 0 aliphatic heterocycles. The zero-order chi connectivity index (χ0) is 8.91. The molecule has 0 aromatic rings. The quantitative estimate of drug-likeness (QED) is 0.591. The fourth-order valence-corrected chi connectivity index (χ4v) is 0.611. The average Bonchev–Trinajstić information content (AvgIpc) is 1.78. The van der Waals surface area contributed by atoms with Crippen LogP contribution >= 0.6 is 0 Å². The van der Waals surface area contributed by atoms with Crippen molar-refractivity contribution in [3.05, 3.63) is 0 Å². The van der Waals surface area contributed by atoms with Crippen LogP contribution < -0.4 is 5.73 Å². The lowest BCUT2D eigenvalue weighted by molar-refractivity contribution is -0.136. The van der Waals surface area contributed by atoms with E-state index in [0.29, 0.717) is 0 Å². The summed E-state index contributed by atoms with van der Waals surface area (Å²) in [5.74, 6) is -0.799. The molecule has 65 valence electrons. The zero-order valence-electron chi connectivity index (χ0n) is 5.87. The highest BCUT2D eigenvalue weighted by atomic mass is 19.4. The molecule has 0 saturated heterocycles. The van der Waals surface area contributed by atoms with Gasteiger partial charge in [-0.15, -0.1) is 0 Å². The van der Waals surface area contributed by atoms with E-state index in [-0.39, 0.29) is 19.3 Å². The molecule has 1 amide bonds. The number of hydrogen-bond donors (Lipinski definition) is 0. The molecule has 11 heavy (non-hydrogen) atoms. The highest BCUT2D eigenvalue weighted by Gasteiger charge is 2.25. The van der Waals surface area contributed by atoms with E-state index in [9.17, 15) is 18.0 Å². The van der Waals surface area contributed by atoms with Gasteiger partial charge in [-0.3, -0.25) is 10.5 Å². The summed E-state index contributed by atoms with van der Waals surface area (Å²) in [5.41, 5.74) is 6.39. The summed E-state index contributed by atoms with van der Waals surface area (Å²) in [6.07, 6.45) is -4.97.